The number of rotatable bonds is 6. The summed E-state index contributed by atoms with van der Waals surface area (Å²) in [7, 11) is 0. The van der Waals surface area contributed by atoms with Crippen LogP contribution in [-0.2, 0) is 6.18 Å². The maximum absolute atomic E-state index is 13.7. The summed E-state index contributed by atoms with van der Waals surface area (Å²) in [5.74, 6) is -0.879. The van der Waals surface area contributed by atoms with E-state index in [1.165, 1.54) is 17.7 Å². The van der Waals surface area contributed by atoms with Crippen LogP contribution in [0.25, 0.3) is 0 Å². The number of fused-ring (bicyclic) bond motifs is 1. The number of alkyl halides is 3. The summed E-state index contributed by atoms with van der Waals surface area (Å²) < 4.78 is 53.8. The zero-order valence-electron chi connectivity index (χ0n) is 20.2. The number of piperazine rings is 1. The smallest absolute Gasteiger partial charge is 0.368 e. The monoisotopic (exact) mass is 503 g/mol. The summed E-state index contributed by atoms with van der Waals surface area (Å²) in [6.45, 7) is 4.14. The number of carbonyl (C=O) groups is 2. The molecule has 0 radical (unpaired) electrons. The van der Waals surface area contributed by atoms with E-state index in [0.717, 1.165) is 42.1 Å². The quantitative estimate of drug-likeness (QED) is 0.488. The molecule has 36 heavy (non-hydrogen) atoms. The van der Waals surface area contributed by atoms with Crippen LogP contribution in [0.1, 0.15) is 70.5 Å². The van der Waals surface area contributed by atoms with E-state index < -0.39 is 29.0 Å². The Morgan fingerprint density at radius 1 is 1.03 bits per heavy atom. The number of amides is 2. The van der Waals surface area contributed by atoms with E-state index in [1.54, 1.807) is 0 Å². The van der Waals surface area contributed by atoms with Gasteiger partial charge in [0.25, 0.3) is 11.8 Å². The molecule has 1 saturated heterocycles. The predicted octanol–water partition coefficient (Wildman–Crippen LogP) is 5.51. The van der Waals surface area contributed by atoms with Crippen LogP contribution in [0.2, 0.25) is 0 Å². The maximum Gasteiger partial charge on any atom is 0.417 e. The van der Waals surface area contributed by atoms with Crippen molar-refractivity contribution in [3.8, 4) is 0 Å². The van der Waals surface area contributed by atoms with Gasteiger partial charge in [-0.3, -0.25) is 9.59 Å². The molecule has 2 fully saturated rings. The average molecular weight is 504 g/mol. The zero-order valence-corrected chi connectivity index (χ0v) is 20.2. The fourth-order valence-electron chi connectivity index (χ4n) is 5.39. The van der Waals surface area contributed by atoms with Gasteiger partial charge < -0.3 is 14.7 Å². The van der Waals surface area contributed by atoms with E-state index >= 15 is 0 Å². The molecule has 1 atom stereocenters. The molecule has 2 heterocycles. The molecule has 1 aliphatic carbocycles. The summed E-state index contributed by atoms with van der Waals surface area (Å²) >= 11 is 0. The lowest BCUT2D eigenvalue weighted by atomic mass is 10.0. The first kappa shape index (κ1) is 24.6. The Morgan fingerprint density at radius 3 is 2.39 bits per heavy atom. The van der Waals surface area contributed by atoms with Crippen LogP contribution in [0.4, 0.5) is 23.2 Å². The highest BCUT2D eigenvalue weighted by molar-refractivity contribution is 6.00. The summed E-state index contributed by atoms with van der Waals surface area (Å²) in [6, 6.07) is 7.85. The molecule has 192 valence electrons. The van der Waals surface area contributed by atoms with E-state index in [1.807, 2.05) is 23.1 Å². The minimum Gasteiger partial charge on any atom is -0.368 e. The highest BCUT2D eigenvalue weighted by Gasteiger charge is 2.38. The molecule has 3 aliphatic rings. The third kappa shape index (κ3) is 4.67. The average Bonchev–Trinajstić information content (AvgIpc) is 3.65. The number of benzene rings is 2. The lowest BCUT2D eigenvalue weighted by Crippen LogP contribution is -2.49. The maximum atomic E-state index is 13.7. The molecule has 2 aromatic rings. The Hall–Kier alpha value is -3.10. The van der Waals surface area contributed by atoms with Crippen molar-refractivity contribution in [2.45, 2.75) is 44.8 Å². The summed E-state index contributed by atoms with van der Waals surface area (Å²) in [4.78, 5) is 31.3. The molecule has 0 spiro atoms. The van der Waals surface area contributed by atoms with Gasteiger partial charge in [0.05, 0.1) is 17.2 Å². The van der Waals surface area contributed by atoms with Crippen LogP contribution in [0.15, 0.2) is 36.4 Å². The van der Waals surface area contributed by atoms with Crippen molar-refractivity contribution >= 4 is 17.5 Å². The van der Waals surface area contributed by atoms with Crippen molar-refractivity contribution in [3.05, 3.63) is 64.5 Å². The van der Waals surface area contributed by atoms with Gasteiger partial charge in [-0.05, 0) is 60.7 Å². The van der Waals surface area contributed by atoms with Crippen molar-refractivity contribution < 1.29 is 27.2 Å². The molecule has 2 aliphatic heterocycles. The number of nitrogens with zero attached hydrogens (tertiary/aromatic N) is 3. The first-order chi connectivity index (χ1) is 17.2. The summed E-state index contributed by atoms with van der Waals surface area (Å²) in [5, 5.41) is 0. The second kappa shape index (κ2) is 9.41. The normalized spacial score (nSPS) is 20.2. The second-order valence-electron chi connectivity index (χ2n) is 9.89. The minimum atomic E-state index is -4.75. The van der Waals surface area contributed by atoms with Crippen LogP contribution in [0.5, 0.6) is 0 Å². The summed E-state index contributed by atoms with van der Waals surface area (Å²) in [5.41, 5.74) is 0.892. The van der Waals surface area contributed by atoms with Crippen molar-refractivity contribution in [2.24, 2.45) is 5.92 Å². The van der Waals surface area contributed by atoms with Gasteiger partial charge in [0.1, 0.15) is 5.82 Å². The van der Waals surface area contributed by atoms with E-state index in [4.69, 9.17) is 0 Å². The van der Waals surface area contributed by atoms with Gasteiger partial charge >= 0.3 is 6.18 Å². The molecule has 0 bridgehead atoms. The van der Waals surface area contributed by atoms with Gasteiger partial charge in [0, 0.05) is 44.0 Å². The first-order valence-corrected chi connectivity index (χ1v) is 12.5. The lowest BCUT2D eigenvalue weighted by molar-refractivity contribution is -0.138. The molecule has 2 amide bonds. The number of hydrogen-bond donors (Lipinski definition) is 0. The topological polar surface area (TPSA) is 43.9 Å². The van der Waals surface area contributed by atoms with Crippen LogP contribution < -0.4 is 4.90 Å². The number of halogens is 4. The Labute approximate surface area is 207 Å². The molecular weight excluding hydrogens is 474 g/mol. The molecular formula is C27H29F4N3O2. The Bertz CT molecular complexity index is 1170. The molecule has 5 rings (SSSR count). The molecule has 1 unspecified atom stereocenters. The van der Waals surface area contributed by atoms with Crippen molar-refractivity contribution in [2.75, 3.05) is 37.6 Å². The fourth-order valence-corrected chi connectivity index (χ4v) is 5.39. The Kier molecular flexibility index (Phi) is 6.43. The molecule has 0 N–H and O–H groups in total. The van der Waals surface area contributed by atoms with Crippen LogP contribution in [-0.4, -0.2) is 54.3 Å². The molecule has 9 heteroatoms. The Morgan fingerprint density at radius 2 is 1.75 bits per heavy atom. The van der Waals surface area contributed by atoms with Crippen LogP contribution in [0.3, 0.4) is 0 Å². The summed E-state index contributed by atoms with van der Waals surface area (Å²) in [6.07, 6.45) is -0.377. The molecule has 0 aromatic heterocycles. The first-order valence-electron chi connectivity index (χ1n) is 12.5. The molecule has 1 saturated carbocycles. The zero-order chi connectivity index (χ0) is 25.6. The van der Waals surface area contributed by atoms with E-state index in [0.29, 0.717) is 31.3 Å². The van der Waals surface area contributed by atoms with Crippen LogP contribution in [0, 0.1) is 11.7 Å². The highest BCUT2D eigenvalue weighted by atomic mass is 19.4. The molecule has 5 nitrogen and oxygen atoms in total. The number of carbonyl (C=O) groups excluding carboxylic acids is 2. The SMILES string of the molecule is CCC1c2cc(N3CCN(C(=O)c4cc(F)ccc4C(F)(F)F)CC3)ccc2C(=O)N1CCC1CC1. The van der Waals surface area contributed by atoms with Gasteiger partial charge in [0.2, 0.25) is 0 Å². The fraction of sp³-hybridized carbons (Fsp3) is 0.481. The largest absolute Gasteiger partial charge is 0.417 e. The number of anilines is 1. The predicted molar refractivity (Wildman–Crippen MR) is 127 cm³/mol. The van der Waals surface area contributed by atoms with Gasteiger partial charge in [-0.1, -0.05) is 19.8 Å². The van der Waals surface area contributed by atoms with E-state index in [-0.39, 0.29) is 25.0 Å². The van der Waals surface area contributed by atoms with Crippen molar-refractivity contribution in [1.29, 1.82) is 0 Å². The lowest BCUT2D eigenvalue weighted by Gasteiger charge is -2.36. The van der Waals surface area contributed by atoms with Gasteiger partial charge in [0.15, 0.2) is 0 Å². The third-order valence-corrected chi connectivity index (χ3v) is 7.57. The highest BCUT2D eigenvalue weighted by Crippen LogP contribution is 2.40. The van der Waals surface area contributed by atoms with E-state index in [9.17, 15) is 27.2 Å². The van der Waals surface area contributed by atoms with Crippen LogP contribution >= 0.6 is 0 Å². The number of hydrogen-bond acceptors (Lipinski definition) is 3. The second-order valence-corrected chi connectivity index (χ2v) is 9.89. The Balaban J connectivity index is 1.29. The van der Waals surface area contributed by atoms with Gasteiger partial charge in [-0.25, -0.2) is 4.39 Å². The van der Waals surface area contributed by atoms with Gasteiger partial charge in [-0.2, -0.15) is 13.2 Å². The van der Waals surface area contributed by atoms with Gasteiger partial charge in [-0.15, -0.1) is 0 Å². The van der Waals surface area contributed by atoms with Crippen molar-refractivity contribution in [1.82, 2.24) is 9.80 Å². The van der Waals surface area contributed by atoms with E-state index in [2.05, 4.69) is 11.8 Å². The third-order valence-electron chi connectivity index (χ3n) is 7.57. The molecule has 2 aromatic carbocycles. The van der Waals surface area contributed by atoms with Crippen molar-refractivity contribution in [3.63, 3.8) is 0 Å². The minimum absolute atomic E-state index is 0.0443. The standard InChI is InChI=1S/C27H29F4N3O2/c1-2-24-21-16-19(6-7-20(21)26(36)34(24)10-9-17-3-4-17)32-11-13-33(14-12-32)25(35)22-15-18(28)5-8-23(22)27(29,30)31/h5-8,15-17,24H,2-4,9-14H2,1H3.